The van der Waals surface area contributed by atoms with E-state index in [1.807, 2.05) is 60.7 Å². The summed E-state index contributed by atoms with van der Waals surface area (Å²) >= 11 is 18.3. The minimum absolute atomic E-state index is 0.245. The number of carbonyl (C=O) groups is 1. The molecule has 0 spiro atoms. The fourth-order valence-corrected chi connectivity index (χ4v) is 3.38. The van der Waals surface area contributed by atoms with Crippen LogP contribution >= 0.6 is 34.8 Å². The molecule has 0 saturated carbocycles. The summed E-state index contributed by atoms with van der Waals surface area (Å²) in [4.78, 5) is 11.9. The first kappa shape index (κ1) is 22.2. The molecular weight excluding hydrogens is 443 g/mol. The van der Waals surface area contributed by atoms with E-state index in [-0.39, 0.29) is 12.5 Å². The molecule has 0 aliphatic rings. The van der Waals surface area contributed by atoms with E-state index in [2.05, 4.69) is 10.5 Å². The van der Waals surface area contributed by atoms with Crippen LogP contribution in [0.15, 0.2) is 77.9 Å². The predicted molar refractivity (Wildman–Crippen MR) is 123 cm³/mol. The van der Waals surface area contributed by atoms with Crippen molar-refractivity contribution in [1.29, 1.82) is 0 Å². The Labute approximate surface area is 190 Å². The summed E-state index contributed by atoms with van der Waals surface area (Å²) in [6.07, 6.45) is -0.630. The number of rotatable bonds is 6. The zero-order valence-electron chi connectivity index (χ0n) is 16.1. The van der Waals surface area contributed by atoms with Crippen molar-refractivity contribution in [3.8, 4) is 0 Å². The van der Waals surface area contributed by atoms with Crippen LogP contribution in [0.4, 0.5) is 4.79 Å². The summed E-state index contributed by atoms with van der Waals surface area (Å²) in [7, 11) is 0. The van der Waals surface area contributed by atoms with E-state index in [1.54, 1.807) is 19.1 Å². The number of carbonyl (C=O) groups excluding carboxylic acids is 1. The van der Waals surface area contributed by atoms with Crippen molar-refractivity contribution >= 4 is 46.6 Å². The van der Waals surface area contributed by atoms with Crippen LogP contribution in [0.1, 0.15) is 29.5 Å². The lowest BCUT2D eigenvalue weighted by Crippen LogP contribution is -2.24. The molecule has 1 amide bonds. The van der Waals surface area contributed by atoms with Crippen molar-refractivity contribution in [3.05, 3.63) is 105 Å². The molecule has 0 bridgehead atoms. The van der Waals surface area contributed by atoms with Gasteiger partial charge in [0, 0.05) is 15.1 Å². The molecule has 0 saturated heterocycles. The standard InChI is InChI=1S/C23H19Cl3N2O2/c1-2-30-23(29)28-27-22(17-7-13-20(26)14-8-17)21(15-3-9-18(24)10-4-15)16-5-11-19(25)12-6-16/h3-14,21H,2H2,1H3,(H,28,29). The van der Waals surface area contributed by atoms with Gasteiger partial charge in [-0.3, -0.25) is 0 Å². The Kier molecular flexibility index (Phi) is 7.75. The Hall–Kier alpha value is -2.53. The summed E-state index contributed by atoms with van der Waals surface area (Å²) < 4.78 is 4.96. The van der Waals surface area contributed by atoms with E-state index in [0.29, 0.717) is 20.8 Å². The number of halogens is 3. The molecule has 1 N–H and O–H groups in total. The Bertz CT molecular complexity index is 972. The highest BCUT2D eigenvalue weighted by Crippen LogP contribution is 2.31. The van der Waals surface area contributed by atoms with E-state index in [4.69, 9.17) is 39.5 Å². The molecule has 154 valence electrons. The third kappa shape index (κ3) is 5.76. The van der Waals surface area contributed by atoms with Gasteiger partial charge in [-0.25, -0.2) is 10.2 Å². The van der Waals surface area contributed by atoms with E-state index in [0.717, 1.165) is 16.7 Å². The number of hydrogen-bond donors (Lipinski definition) is 1. The molecule has 0 fully saturated rings. The lowest BCUT2D eigenvalue weighted by molar-refractivity contribution is 0.152. The second-order valence-electron chi connectivity index (χ2n) is 6.37. The van der Waals surface area contributed by atoms with Gasteiger partial charge in [-0.2, -0.15) is 5.10 Å². The van der Waals surface area contributed by atoms with Gasteiger partial charge in [-0.05, 0) is 60.0 Å². The average molecular weight is 462 g/mol. The molecule has 0 unspecified atom stereocenters. The normalized spacial score (nSPS) is 11.4. The molecule has 0 atom stereocenters. The lowest BCUT2D eigenvalue weighted by atomic mass is 9.84. The molecular formula is C23H19Cl3N2O2. The average Bonchev–Trinajstić information content (AvgIpc) is 2.74. The quantitative estimate of drug-likeness (QED) is 0.319. The van der Waals surface area contributed by atoms with Crippen LogP contribution in [0, 0.1) is 0 Å². The molecule has 3 aromatic rings. The van der Waals surface area contributed by atoms with Gasteiger partial charge in [0.2, 0.25) is 0 Å². The zero-order chi connectivity index (χ0) is 21.5. The Balaban J connectivity index is 2.15. The van der Waals surface area contributed by atoms with Gasteiger partial charge in [-0.1, -0.05) is 71.2 Å². The van der Waals surface area contributed by atoms with Gasteiger partial charge < -0.3 is 4.74 Å². The van der Waals surface area contributed by atoms with Crippen LogP contribution in [-0.4, -0.2) is 18.4 Å². The van der Waals surface area contributed by atoms with Crippen LogP contribution in [0.25, 0.3) is 0 Å². The van der Waals surface area contributed by atoms with Gasteiger partial charge in [0.15, 0.2) is 0 Å². The number of benzene rings is 3. The highest BCUT2D eigenvalue weighted by Gasteiger charge is 2.23. The second kappa shape index (κ2) is 10.5. The zero-order valence-corrected chi connectivity index (χ0v) is 18.4. The van der Waals surface area contributed by atoms with Crippen molar-refractivity contribution in [2.24, 2.45) is 5.10 Å². The van der Waals surface area contributed by atoms with Crippen LogP contribution in [0.2, 0.25) is 15.1 Å². The summed E-state index contributed by atoms with van der Waals surface area (Å²) in [5.41, 5.74) is 5.78. The number of hydrogen-bond acceptors (Lipinski definition) is 3. The lowest BCUT2D eigenvalue weighted by Gasteiger charge is -2.21. The van der Waals surface area contributed by atoms with Crippen molar-refractivity contribution < 1.29 is 9.53 Å². The van der Waals surface area contributed by atoms with E-state index in [9.17, 15) is 4.79 Å². The highest BCUT2D eigenvalue weighted by atomic mass is 35.5. The van der Waals surface area contributed by atoms with E-state index >= 15 is 0 Å². The topological polar surface area (TPSA) is 50.7 Å². The molecule has 3 aromatic carbocycles. The Morgan fingerprint density at radius 2 is 1.27 bits per heavy atom. The van der Waals surface area contributed by atoms with Crippen LogP contribution in [-0.2, 0) is 4.74 Å². The summed E-state index contributed by atoms with van der Waals surface area (Å²) in [5, 5.41) is 6.28. The van der Waals surface area contributed by atoms with E-state index < -0.39 is 6.09 Å². The van der Waals surface area contributed by atoms with Crippen LogP contribution in [0.3, 0.4) is 0 Å². The molecule has 0 aliphatic heterocycles. The smallest absolute Gasteiger partial charge is 0.427 e. The monoisotopic (exact) mass is 460 g/mol. The fraction of sp³-hybridized carbons (Fsp3) is 0.130. The van der Waals surface area contributed by atoms with Crippen LogP contribution < -0.4 is 5.43 Å². The predicted octanol–water partition coefficient (Wildman–Crippen LogP) is 6.93. The van der Waals surface area contributed by atoms with Gasteiger partial charge in [0.1, 0.15) is 0 Å². The molecule has 0 aliphatic carbocycles. The number of amides is 1. The first-order valence-electron chi connectivity index (χ1n) is 9.25. The maximum absolute atomic E-state index is 11.9. The van der Waals surface area contributed by atoms with E-state index in [1.165, 1.54) is 0 Å². The Morgan fingerprint density at radius 3 is 1.70 bits per heavy atom. The van der Waals surface area contributed by atoms with Gasteiger partial charge >= 0.3 is 6.09 Å². The number of ether oxygens (including phenoxy) is 1. The molecule has 0 heterocycles. The third-order valence-corrected chi connectivity index (χ3v) is 5.12. The maximum atomic E-state index is 11.9. The maximum Gasteiger partial charge on any atom is 0.427 e. The van der Waals surface area contributed by atoms with Crippen molar-refractivity contribution in [2.75, 3.05) is 6.61 Å². The van der Waals surface area contributed by atoms with Crippen molar-refractivity contribution in [1.82, 2.24) is 5.43 Å². The third-order valence-electron chi connectivity index (χ3n) is 4.36. The number of nitrogens with zero attached hydrogens (tertiary/aromatic N) is 1. The fourth-order valence-electron chi connectivity index (χ4n) is 3.00. The first-order chi connectivity index (χ1) is 14.5. The second-order valence-corrected chi connectivity index (χ2v) is 7.68. The molecule has 4 nitrogen and oxygen atoms in total. The summed E-state index contributed by atoms with van der Waals surface area (Å²) in [5.74, 6) is -0.303. The number of hydrazone groups is 1. The van der Waals surface area contributed by atoms with Crippen LogP contribution in [0.5, 0.6) is 0 Å². The SMILES string of the molecule is CCOC(=O)NN=C(c1ccc(Cl)cc1)C(c1ccc(Cl)cc1)c1ccc(Cl)cc1. The van der Waals surface area contributed by atoms with Gasteiger partial charge in [-0.15, -0.1) is 0 Å². The molecule has 0 radical (unpaired) electrons. The highest BCUT2D eigenvalue weighted by molar-refractivity contribution is 6.31. The van der Waals surface area contributed by atoms with Gasteiger partial charge in [0.25, 0.3) is 0 Å². The first-order valence-corrected chi connectivity index (χ1v) is 10.4. The molecule has 3 rings (SSSR count). The Morgan fingerprint density at radius 1 is 0.833 bits per heavy atom. The summed E-state index contributed by atoms with van der Waals surface area (Å²) in [6, 6.07) is 22.2. The number of nitrogens with one attached hydrogen (secondary N) is 1. The van der Waals surface area contributed by atoms with Gasteiger partial charge in [0.05, 0.1) is 18.2 Å². The largest absolute Gasteiger partial charge is 0.449 e. The van der Waals surface area contributed by atoms with Crippen molar-refractivity contribution in [2.45, 2.75) is 12.8 Å². The molecule has 0 aromatic heterocycles. The minimum Gasteiger partial charge on any atom is -0.449 e. The minimum atomic E-state index is -0.630. The molecule has 30 heavy (non-hydrogen) atoms. The molecule has 7 heteroatoms. The summed E-state index contributed by atoms with van der Waals surface area (Å²) in [6.45, 7) is 1.98. The van der Waals surface area contributed by atoms with Crippen molar-refractivity contribution in [3.63, 3.8) is 0 Å².